The maximum absolute atomic E-state index is 13.1. The Hall–Kier alpha value is -3.18. The molecule has 3 aromatic rings. The first-order valence-electron chi connectivity index (χ1n) is 12.8. The monoisotopic (exact) mass is 503 g/mol. The van der Waals surface area contributed by atoms with Crippen LogP contribution in [0.1, 0.15) is 86.4 Å². The molecule has 36 heavy (non-hydrogen) atoms. The summed E-state index contributed by atoms with van der Waals surface area (Å²) in [6.45, 7) is 6.50. The molecule has 4 nitrogen and oxygen atoms in total. The van der Waals surface area contributed by atoms with E-state index < -0.39 is 5.97 Å². The fraction of sp³-hybridized carbons (Fsp3) is 0.323. The highest BCUT2D eigenvalue weighted by molar-refractivity contribution is 7.99. The van der Waals surface area contributed by atoms with Crippen molar-refractivity contribution in [2.24, 2.45) is 5.16 Å². The molecule has 0 bridgehead atoms. The molecule has 0 amide bonds. The number of oxime groups is 1. The maximum atomic E-state index is 13.1. The third-order valence-electron chi connectivity index (χ3n) is 5.37. The Balaban J connectivity index is 0.00000106. The average molecular weight is 504 g/mol. The Bertz CT molecular complexity index is 1060. The Kier molecular flexibility index (Phi) is 13.9. The molecule has 0 fully saturated rings. The predicted octanol–water partition coefficient (Wildman–Crippen LogP) is 9.01. The molecule has 0 aliphatic rings. The van der Waals surface area contributed by atoms with Crippen LogP contribution >= 0.6 is 11.8 Å². The van der Waals surface area contributed by atoms with Crippen molar-refractivity contribution in [2.75, 3.05) is 0 Å². The zero-order chi connectivity index (χ0) is 26.0. The van der Waals surface area contributed by atoms with Gasteiger partial charge < -0.3 is 4.84 Å². The van der Waals surface area contributed by atoms with Gasteiger partial charge in [0.05, 0.1) is 5.56 Å². The van der Waals surface area contributed by atoms with Gasteiger partial charge in [0.25, 0.3) is 0 Å². The van der Waals surface area contributed by atoms with E-state index in [-0.39, 0.29) is 11.5 Å². The van der Waals surface area contributed by atoms with Gasteiger partial charge in [-0.25, -0.2) is 4.79 Å². The van der Waals surface area contributed by atoms with Gasteiger partial charge >= 0.3 is 5.97 Å². The lowest BCUT2D eigenvalue weighted by atomic mass is 10.0. The second-order valence-electron chi connectivity index (χ2n) is 8.36. The Morgan fingerprint density at radius 3 is 1.83 bits per heavy atom. The van der Waals surface area contributed by atoms with Crippen molar-refractivity contribution in [1.29, 1.82) is 0 Å². The van der Waals surface area contributed by atoms with Gasteiger partial charge in [-0.15, -0.1) is 0 Å². The van der Waals surface area contributed by atoms with Crippen LogP contribution in [0.5, 0.6) is 0 Å². The summed E-state index contributed by atoms with van der Waals surface area (Å²) in [6.07, 6.45) is 7.13. The number of ketones is 1. The highest BCUT2D eigenvalue weighted by Gasteiger charge is 2.17. The van der Waals surface area contributed by atoms with Crippen molar-refractivity contribution in [3.05, 3.63) is 96.1 Å². The molecular weight excluding hydrogens is 466 g/mol. The van der Waals surface area contributed by atoms with Gasteiger partial charge in [0.1, 0.15) is 5.71 Å². The summed E-state index contributed by atoms with van der Waals surface area (Å²) in [5.41, 5.74) is 1.21. The van der Waals surface area contributed by atoms with Gasteiger partial charge in [-0.3, -0.25) is 4.79 Å². The summed E-state index contributed by atoms with van der Waals surface area (Å²) in [5, 5.41) is 3.98. The first-order chi connectivity index (χ1) is 17.6. The van der Waals surface area contributed by atoms with E-state index in [2.05, 4.69) is 25.9 Å². The molecule has 0 aromatic heterocycles. The quantitative estimate of drug-likeness (QED) is 0.0813. The van der Waals surface area contributed by atoms with Crippen molar-refractivity contribution >= 4 is 29.2 Å². The lowest BCUT2D eigenvalue weighted by molar-refractivity contribution is 0.0514. The summed E-state index contributed by atoms with van der Waals surface area (Å²) in [4.78, 5) is 32.7. The first kappa shape index (κ1) is 29.1. The predicted molar refractivity (Wildman–Crippen MR) is 150 cm³/mol. The van der Waals surface area contributed by atoms with Gasteiger partial charge in [0.2, 0.25) is 5.78 Å². The lowest BCUT2D eigenvalue weighted by Gasteiger charge is -2.07. The molecular formula is C31H37NO3S. The molecule has 3 aromatic carbocycles. The van der Waals surface area contributed by atoms with E-state index >= 15 is 0 Å². The SMILES string of the molecule is CCCC.CCCCCC/C(=N\OC(=O)c1ccccc1)C(=O)c1ccc(Sc2ccccc2)cc1. The summed E-state index contributed by atoms with van der Waals surface area (Å²) in [7, 11) is 0. The third kappa shape index (κ3) is 10.6. The number of carbonyl (C=O) groups is 2. The zero-order valence-corrected chi connectivity index (χ0v) is 22.4. The molecule has 3 rings (SSSR count). The molecule has 5 heteroatoms. The first-order valence-corrected chi connectivity index (χ1v) is 13.6. The number of benzene rings is 3. The minimum atomic E-state index is -0.570. The summed E-state index contributed by atoms with van der Waals surface area (Å²) in [6, 6.07) is 26.2. The van der Waals surface area contributed by atoms with Crippen LogP contribution in [0.2, 0.25) is 0 Å². The topological polar surface area (TPSA) is 55.7 Å². The van der Waals surface area contributed by atoms with Crippen LogP contribution in [-0.2, 0) is 4.84 Å². The molecule has 190 valence electrons. The number of Topliss-reactive ketones (excluding diaryl/α,β-unsaturated/α-hetero) is 1. The van der Waals surface area contributed by atoms with Gasteiger partial charge in [0, 0.05) is 15.4 Å². The van der Waals surface area contributed by atoms with Crippen molar-refractivity contribution in [3.63, 3.8) is 0 Å². The molecule has 0 radical (unpaired) electrons. The maximum Gasteiger partial charge on any atom is 0.365 e. The smallest absolute Gasteiger partial charge is 0.312 e. The number of carbonyl (C=O) groups excluding carboxylic acids is 2. The summed E-state index contributed by atoms with van der Waals surface area (Å²) in [5.74, 6) is -0.780. The summed E-state index contributed by atoms with van der Waals surface area (Å²) < 4.78 is 0. The van der Waals surface area contributed by atoms with Crippen LogP contribution in [0, 0.1) is 0 Å². The number of unbranched alkanes of at least 4 members (excludes halogenated alkanes) is 4. The third-order valence-corrected chi connectivity index (χ3v) is 6.39. The van der Waals surface area contributed by atoms with Crippen molar-refractivity contribution in [3.8, 4) is 0 Å². The van der Waals surface area contributed by atoms with E-state index in [0.29, 0.717) is 17.5 Å². The zero-order valence-electron chi connectivity index (χ0n) is 21.6. The van der Waals surface area contributed by atoms with Gasteiger partial charge in [-0.1, -0.05) is 106 Å². The van der Waals surface area contributed by atoms with Crippen LogP contribution < -0.4 is 0 Å². The van der Waals surface area contributed by atoms with E-state index in [0.717, 1.165) is 35.5 Å². The molecule has 0 heterocycles. The van der Waals surface area contributed by atoms with Gasteiger partial charge in [0.15, 0.2) is 0 Å². The fourth-order valence-corrected chi connectivity index (χ4v) is 3.95. The van der Waals surface area contributed by atoms with E-state index in [1.807, 2.05) is 48.5 Å². The molecule has 0 aliphatic carbocycles. The van der Waals surface area contributed by atoms with Crippen LogP contribution in [-0.4, -0.2) is 17.5 Å². The fourth-order valence-electron chi connectivity index (χ4n) is 3.11. The Morgan fingerprint density at radius 2 is 1.25 bits per heavy atom. The van der Waals surface area contributed by atoms with Gasteiger partial charge in [-0.05, 0) is 61.4 Å². The molecule has 0 aliphatic heterocycles. The second-order valence-corrected chi connectivity index (χ2v) is 9.51. The Labute approximate surface area is 220 Å². The van der Waals surface area contributed by atoms with Crippen LogP contribution in [0.4, 0.5) is 0 Å². The van der Waals surface area contributed by atoms with Crippen molar-refractivity contribution < 1.29 is 14.4 Å². The van der Waals surface area contributed by atoms with Crippen molar-refractivity contribution in [1.82, 2.24) is 0 Å². The lowest BCUT2D eigenvalue weighted by Crippen LogP contribution is -2.16. The molecule has 0 N–H and O–H groups in total. The van der Waals surface area contributed by atoms with E-state index in [4.69, 9.17) is 4.84 Å². The highest BCUT2D eigenvalue weighted by Crippen LogP contribution is 2.27. The number of hydrogen-bond donors (Lipinski definition) is 0. The molecule has 0 atom stereocenters. The van der Waals surface area contributed by atoms with E-state index in [1.54, 1.807) is 48.2 Å². The average Bonchev–Trinajstić information content (AvgIpc) is 2.93. The number of rotatable bonds is 12. The van der Waals surface area contributed by atoms with Crippen LogP contribution in [0.15, 0.2) is 99.9 Å². The Morgan fingerprint density at radius 1 is 0.667 bits per heavy atom. The van der Waals surface area contributed by atoms with Gasteiger partial charge in [-0.2, -0.15) is 0 Å². The molecule has 0 saturated carbocycles. The number of nitrogens with zero attached hydrogens (tertiary/aromatic N) is 1. The minimum Gasteiger partial charge on any atom is -0.312 e. The molecule has 0 saturated heterocycles. The normalized spacial score (nSPS) is 10.8. The molecule has 0 unspecified atom stereocenters. The van der Waals surface area contributed by atoms with Crippen molar-refractivity contribution in [2.45, 2.75) is 75.5 Å². The molecule has 0 spiro atoms. The van der Waals surface area contributed by atoms with Crippen LogP contribution in [0.3, 0.4) is 0 Å². The highest BCUT2D eigenvalue weighted by atomic mass is 32.2. The summed E-state index contributed by atoms with van der Waals surface area (Å²) >= 11 is 1.64. The number of hydrogen-bond acceptors (Lipinski definition) is 5. The van der Waals surface area contributed by atoms with E-state index in [1.165, 1.54) is 12.8 Å². The minimum absolute atomic E-state index is 0.210. The van der Waals surface area contributed by atoms with Crippen LogP contribution in [0.25, 0.3) is 0 Å². The largest absolute Gasteiger partial charge is 0.365 e. The van der Waals surface area contributed by atoms with E-state index in [9.17, 15) is 9.59 Å². The standard InChI is InChI=1S/C27H27NO3S.C4H10/c1-2-3-4-11-16-25(28-31-27(30)22-12-7-5-8-13-22)26(29)21-17-19-24(20-18-21)32-23-14-9-6-10-15-23;1-3-4-2/h5-10,12-15,17-20H,2-4,11,16H2,1H3;3-4H2,1-2H3/b28-25+;. The second kappa shape index (κ2) is 17.3.